The highest BCUT2D eigenvalue weighted by Crippen LogP contribution is 2.37. The van der Waals surface area contributed by atoms with E-state index in [2.05, 4.69) is 15.6 Å². The van der Waals surface area contributed by atoms with Gasteiger partial charge in [0.05, 0.1) is 12.3 Å². The number of rotatable bonds is 9. The molecule has 0 spiro atoms. The first-order valence-corrected chi connectivity index (χ1v) is 12.3. The number of nitrogens with zero attached hydrogens (tertiary/aromatic N) is 4. The molecule has 9 heteroatoms. The molecule has 0 aliphatic heterocycles. The van der Waals surface area contributed by atoms with Crippen LogP contribution in [0.1, 0.15) is 38.8 Å². The van der Waals surface area contributed by atoms with Crippen LogP contribution in [-0.4, -0.2) is 33.7 Å². The molecule has 1 aromatic carbocycles. The number of anilines is 1. The lowest BCUT2D eigenvalue weighted by Crippen LogP contribution is -2.32. The lowest BCUT2D eigenvalue weighted by molar-refractivity contribution is -0.118. The van der Waals surface area contributed by atoms with E-state index in [4.69, 9.17) is 9.72 Å². The normalized spacial score (nSPS) is 13.4. The van der Waals surface area contributed by atoms with Gasteiger partial charge >= 0.3 is 0 Å². The zero-order valence-corrected chi connectivity index (χ0v) is 18.8. The Labute approximate surface area is 182 Å². The third-order valence-corrected chi connectivity index (χ3v) is 7.42. The van der Waals surface area contributed by atoms with Crippen molar-refractivity contribution in [2.75, 3.05) is 11.5 Å². The average Bonchev–Trinajstić information content (AvgIpc) is 3.26. The van der Waals surface area contributed by atoms with Gasteiger partial charge in [-0.15, -0.1) is 21.5 Å². The third-order valence-electron chi connectivity index (χ3n) is 4.39. The highest BCUT2D eigenvalue weighted by molar-refractivity contribution is 8.00. The summed E-state index contributed by atoms with van der Waals surface area (Å²) in [6.07, 6.45) is 2.60. The zero-order valence-electron chi connectivity index (χ0n) is 16.3. The Balaban J connectivity index is 1.38. The first-order valence-electron chi connectivity index (χ1n) is 9.64. The Morgan fingerprint density at radius 3 is 2.72 bits per heavy atom. The molecular weight excluding hydrogens is 424 g/mol. The van der Waals surface area contributed by atoms with Crippen molar-refractivity contribution < 1.29 is 9.53 Å². The minimum atomic E-state index is 0.125. The number of amides is 1. The van der Waals surface area contributed by atoms with Crippen molar-refractivity contribution in [2.24, 2.45) is 0 Å². The maximum atomic E-state index is 12.2. The smallest absolute Gasteiger partial charge is 0.228 e. The SMILES string of the molecule is CCOc1ccc(-c2nc(CSc3nnc(N(C(=O)CC)C4CC4)s3)cs2)cc1. The molecule has 0 radical (unpaired) electrons. The van der Waals surface area contributed by atoms with E-state index >= 15 is 0 Å². The molecule has 2 heterocycles. The van der Waals surface area contributed by atoms with Gasteiger partial charge < -0.3 is 4.74 Å². The summed E-state index contributed by atoms with van der Waals surface area (Å²) in [7, 11) is 0. The minimum Gasteiger partial charge on any atom is -0.494 e. The molecule has 0 bridgehead atoms. The highest BCUT2D eigenvalue weighted by atomic mass is 32.2. The molecule has 1 amide bonds. The second kappa shape index (κ2) is 9.23. The van der Waals surface area contributed by atoms with Gasteiger partial charge in [0.1, 0.15) is 10.8 Å². The van der Waals surface area contributed by atoms with Crippen LogP contribution in [-0.2, 0) is 10.5 Å². The molecule has 1 aliphatic carbocycles. The summed E-state index contributed by atoms with van der Waals surface area (Å²) in [4.78, 5) is 18.8. The van der Waals surface area contributed by atoms with Gasteiger partial charge in [0.25, 0.3) is 0 Å². The van der Waals surface area contributed by atoms with Crippen LogP contribution >= 0.6 is 34.4 Å². The molecule has 6 nitrogen and oxygen atoms in total. The number of thiazole rings is 1. The Kier molecular flexibility index (Phi) is 6.46. The van der Waals surface area contributed by atoms with Crippen molar-refractivity contribution in [1.29, 1.82) is 0 Å². The van der Waals surface area contributed by atoms with Crippen molar-refractivity contribution in [3.05, 3.63) is 35.3 Å². The van der Waals surface area contributed by atoms with Gasteiger partial charge in [-0.2, -0.15) is 0 Å². The first-order chi connectivity index (χ1) is 14.2. The van der Waals surface area contributed by atoms with E-state index in [0.29, 0.717) is 19.1 Å². The number of carbonyl (C=O) groups is 1. The molecule has 1 aliphatic rings. The van der Waals surface area contributed by atoms with Gasteiger partial charge in [0.2, 0.25) is 11.0 Å². The maximum absolute atomic E-state index is 12.2. The summed E-state index contributed by atoms with van der Waals surface area (Å²) >= 11 is 4.74. The summed E-state index contributed by atoms with van der Waals surface area (Å²) in [5, 5.41) is 12.3. The van der Waals surface area contributed by atoms with Crippen LogP contribution in [0.5, 0.6) is 5.75 Å². The van der Waals surface area contributed by atoms with E-state index in [1.54, 1.807) is 23.1 Å². The molecule has 1 fully saturated rings. The van der Waals surface area contributed by atoms with Crippen LogP contribution in [0, 0.1) is 0 Å². The Morgan fingerprint density at radius 2 is 2.03 bits per heavy atom. The van der Waals surface area contributed by atoms with Crippen molar-refractivity contribution in [3.8, 4) is 16.3 Å². The quantitative estimate of drug-likeness (QED) is 0.330. The molecule has 3 aromatic rings. The first kappa shape index (κ1) is 20.3. The summed E-state index contributed by atoms with van der Waals surface area (Å²) in [5.74, 6) is 1.73. The van der Waals surface area contributed by atoms with Crippen LogP contribution in [0.2, 0.25) is 0 Å². The number of carbonyl (C=O) groups excluding carboxylic acids is 1. The maximum Gasteiger partial charge on any atom is 0.228 e. The monoisotopic (exact) mass is 446 g/mol. The second-order valence-corrected chi connectivity index (χ2v) is 9.63. The Morgan fingerprint density at radius 1 is 1.24 bits per heavy atom. The van der Waals surface area contributed by atoms with Crippen molar-refractivity contribution >= 4 is 45.5 Å². The summed E-state index contributed by atoms with van der Waals surface area (Å²) < 4.78 is 6.36. The number of hydrogen-bond donors (Lipinski definition) is 0. The second-order valence-electron chi connectivity index (χ2n) is 6.59. The molecule has 0 unspecified atom stereocenters. The van der Waals surface area contributed by atoms with Crippen molar-refractivity contribution in [1.82, 2.24) is 15.2 Å². The van der Waals surface area contributed by atoms with Crippen molar-refractivity contribution in [2.45, 2.75) is 49.2 Å². The predicted molar refractivity (Wildman–Crippen MR) is 119 cm³/mol. The fourth-order valence-corrected chi connectivity index (χ4v) is 5.58. The van der Waals surface area contributed by atoms with E-state index in [9.17, 15) is 4.79 Å². The van der Waals surface area contributed by atoms with E-state index in [1.165, 1.54) is 11.3 Å². The average molecular weight is 447 g/mol. The lowest BCUT2D eigenvalue weighted by Gasteiger charge is -2.17. The van der Waals surface area contributed by atoms with E-state index in [-0.39, 0.29) is 5.91 Å². The summed E-state index contributed by atoms with van der Waals surface area (Å²) in [6, 6.07) is 8.33. The molecule has 1 saturated carbocycles. The van der Waals surface area contributed by atoms with Gasteiger partial charge in [-0.1, -0.05) is 30.0 Å². The van der Waals surface area contributed by atoms with Gasteiger partial charge in [-0.3, -0.25) is 9.69 Å². The van der Waals surface area contributed by atoms with E-state index in [0.717, 1.165) is 50.1 Å². The molecule has 0 saturated heterocycles. The fourth-order valence-electron chi connectivity index (χ4n) is 2.83. The van der Waals surface area contributed by atoms with Gasteiger partial charge in [0, 0.05) is 29.2 Å². The van der Waals surface area contributed by atoms with Crippen LogP contribution in [0.15, 0.2) is 34.0 Å². The van der Waals surface area contributed by atoms with Crippen molar-refractivity contribution in [3.63, 3.8) is 0 Å². The highest BCUT2D eigenvalue weighted by Gasteiger charge is 2.35. The van der Waals surface area contributed by atoms with Gasteiger partial charge in [-0.25, -0.2) is 4.98 Å². The molecule has 0 atom stereocenters. The van der Waals surface area contributed by atoms with Crippen LogP contribution in [0.4, 0.5) is 5.13 Å². The number of benzene rings is 1. The Bertz CT molecular complexity index is 966. The molecule has 152 valence electrons. The zero-order chi connectivity index (χ0) is 20.2. The predicted octanol–water partition coefficient (Wildman–Crippen LogP) is 5.26. The van der Waals surface area contributed by atoms with Crippen LogP contribution < -0.4 is 9.64 Å². The third kappa shape index (κ3) is 4.96. The molecule has 0 N–H and O–H groups in total. The van der Waals surface area contributed by atoms with Crippen LogP contribution in [0.3, 0.4) is 0 Å². The lowest BCUT2D eigenvalue weighted by atomic mass is 10.2. The van der Waals surface area contributed by atoms with Gasteiger partial charge in [0.15, 0.2) is 4.34 Å². The van der Waals surface area contributed by atoms with E-state index < -0.39 is 0 Å². The number of thioether (sulfide) groups is 1. The summed E-state index contributed by atoms with van der Waals surface area (Å²) in [5.41, 5.74) is 2.11. The van der Waals surface area contributed by atoms with Crippen LogP contribution in [0.25, 0.3) is 10.6 Å². The van der Waals surface area contributed by atoms with E-state index in [1.807, 2.05) is 43.0 Å². The topological polar surface area (TPSA) is 68.2 Å². The number of hydrogen-bond acceptors (Lipinski definition) is 8. The molecule has 4 rings (SSSR count). The molecular formula is C20H22N4O2S3. The standard InChI is InChI=1S/C20H22N4O2S3/c1-3-17(25)24(15-7-8-15)19-22-23-20(29-19)28-12-14-11-27-18(21-14)13-5-9-16(10-6-13)26-4-2/h5-6,9-11,15H,3-4,7-8,12H2,1-2H3. The fraction of sp³-hybridized carbons (Fsp3) is 0.400. The number of aromatic nitrogens is 3. The minimum absolute atomic E-state index is 0.125. The van der Waals surface area contributed by atoms with Gasteiger partial charge in [-0.05, 0) is 44.0 Å². The number of ether oxygens (including phenoxy) is 1. The molecule has 2 aromatic heterocycles. The summed E-state index contributed by atoms with van der Waals surface area (Å²) in [6.45, 7) is 4.53. The largest absolute Gasteiger partial charge is 0.494 e. The molecule has 29 heavy (non-hydrogen) atoms. The Hall–Kier alpha value is -1.97.